The van der Waals surface area contributed by atoms with Gasteiger partial charge in [-0.2, -0.15) is 0 Å². The number of allylic oxidation sites excluding steroid dienone is 1. The van der Waals surface area contributed by atoms with E-state index in [4.69, 9.17) is 0 Å². The van der Waals surface area contributed by atoms with Gasteiger partial charge in [0.2, 0.25) is 5.91 Å². The molecule has 1 amide bonds. The molecule has 0 rings (SSSR count). The lowest BCUT2D eigenvalue weighted by molar-refractivity contribution is -0.342. The average Bonchev–Trinajstić information content (AvgIpc) is 2.73. The first-order chi connectivity index (χ1) is 15.3. The first-order valence-corrected chi connectivity index (χ1v) is 14.1. The molecule has 0 aromatic carbocycles. The predicted octanol–water partition coefficient (Wildman–Crippen LogP) is 4.52. The summed E-state index contributed by atoms with van der Waals surface area (Å²) in [4.78, 5) is 33.6. The molecule has 0 saturated heterocycles. The van der Waals surface area contributed by atoms with E-state index >= 15 is 0 Å². The van der Waals surface area contributed by atoms with E-state index in [1.54, 1.807) is 0 Å². The van der Waals surface area contributed by atoms with Crippen LogP contribution in [0.3, 0.4) is 0 Å². The summed E-state index contributed by atoms with van der Waals surface area (Å²) in [6.45, 7) is 3.68. The molecule has 7 nitrogen and oxygen atoms in total. The molecule has 0 aliphatic heterocycles. The first-order valence-electron chi connectivity index (χ1n) is 12.6. The summed E-state index contributed by atoms with van der Waals surface area (Å²) in [7, 11) is -5.18. The fourth-order valence-corrected chi connectivity index (χ4v) is 3.85. The van der Waals surface area contributed by atoms with E-state index in [0.717, 1.165) is 32.1 Å². The number of aliphatic hydroxyl groups excluding tert-OH is 1. The average molecular weight is 476 g/mol. The molecule has 2 N–H and O–H groups in total. The van der Waals surface area contributed by atoms with Gasteiger partial charge >= 0.3 is 0 Å². The van der Waals surface area contributed by atoms with Gasteiger partial charge in [0.15, 0.2) is 0 Å². The lowest BCUT2D eigenvalue weighted by atomic mass is 10.0. The maximum atomic E-state index is 12.0. The van der Waals surface area contributed by atoms with Crippen LogP contribution in [-0.2, 0) is 13.9 Å². The Hall–Kier alpha value is -0.720. The van der Waals surface area contributed by atoms with Gasteiger partial charge in [-0.1, -0.05) is 103 Å². The summed E-state index contributed by atoms with van der Waals surface area (Å²) in [6, 6.07) is -0.978. The third-order valence-corrected chi connectivity index (χ3v) is 5.95. The highest BCUT2D eigenvalue weighted by Gasteiger charge is 2.20. The smallest absolute Gasteiger partial charge is 0.220 e. The highest BCUT2D eigenvalue weighted by Crippen LogP contribution is 2.25. The molecule has 0 bridgehead atoms. The fraction of sp³-hybridized carbons (Fsp3) is 0.875. The van der Waals surface area contributed by atoms with E-state index in [1.807, 2.05) is 13.0 Å². The Bertz CT molecular complexity index is 523. The largest absolute Gasteiger partial charge is 0.790 e. The Morgan fingerprint density at radius 2 is 1.41 bits per heavy atom. The molecular weight excluding hydrogens is 429 g/mol. The van der Waals surface area contributed by atoms with Gasteiger partial charge in [0.25, 0.3) is 0 Å². The number of rotatable bonds is 22. The normalized spacial score (nSPS) is 14.0. The van der Waals surface area contributed by atoms with E-state index in [2.05, 4.69) is 16.8 Å². The van der Waals surface area contributed by atoms with E-state index in [-0.39, 0.29) is 12.3 Å². The van der Waals surface area contributed by atoms with Crippen LogP contribution in [0.15, 0.2) is 12.2 Å². The molecule has 0 aliphatic rings. The second kappa shape index (κ2) is 20.9. The van der Waals surface area contributed by atoms with E-state index in [0.29, 0.717) is 6.42 Å². The molecule has 0 aromatic rings. The van der Waals surface area contributed by atoms with Crippen molar-refractivity contribution in [1.82, 2.24) is 5.32 Å². The zero-order valence-electron chi connectivity index (χ0n) is 20.3. The van der Waals surface area contributed by atoms with Crippen molar-refractivity contribution in [2.75, 3.05) is 6.61 Å². The van der Waals surface area contributed by atoms with Crippen molar-refractivity contribution in [3.8, 4) is 0 Å². The van der Waals surface area contributed by atoms with Gasteiger partial charge in [-0.3, -0.25) is 4.79 Å². The number of phosphoric ester groups is 1. The minimum absolute atomic E-state index is 0.284. The van der Waals surface area contributed by atoms with Crippen LogP contribution in [0.1, 0.15) is 117 Å². The van der Waals surface area contributed by atoms with Crippen molar-refractivity contribution in [3.63, 3.8) is 0 Å². The Balaban J connectivity index is 4.11. The molecular formula is C24H46NO6P-2. The second-order valence-electron chi connectivity index (χ2n) is 8.62. The summed E-state index contributed by atoms with van der Waals surface area (Å²) in [5.41, 5.74) is 0. The van der Waals surface area contributed by atoms with Crippen molar-refractivity contribution in [1.29, 1.82) is 0 Å². The highest BCUT2D eigenvalue weighted by molar-refractivity contribution is 7.43. The molecule has 0 saturated carbocycles. The van der Waals surface area contributed by atoms with Crippen molar-refractivity contribution < 1.29 is 28.8 Å². The van der Waals surface area contributed by atoms with Crippen LogP contribution in [-0.4, -0.2) is 29.8 Å². The number of carbonyl (C=O) groups excluding carboxylic acids is 1. The second-order valence-corrected chi connectivity index (χ2v) is 9.77. The molecule has 0 unspecified atom stereocenters. The molecule has 190 valence electrons. The van der Waals surface area contributed by atoms with E-state index in [9.17, 15) is 24.3 Å². The van der Waals surface area contributed by atoms with Gasteiger partial charge in [-0.25, -0.2) is 0 Å². The Morgan fingerprint density at radius 1 is 0.906 bits per heavy atom. The molecule has 0 heterocycles. The number of amides is 1. The molecule has 0 spiro atoms. The van der Waals surface area contributed by atoms with E-state index < -0.39 is 26.6 Å². The van der Waals surface area contributed by atoms with Crippen molar-refractivity contribution in [2.45, 2.75) is 129 Å². The fourth-order valence-electron chi connectivity index (χ4n) is 3.51. The Kier molecular flexibility index (Phi) is 20.4. The van der Waals surface area contributed by atoms with Gasteiger partial charge in [0.05, 0.1) is 26.6 Å². The highest BCUT2D eigenvalue weighted by atomic mass is 31.2. The van der Waals surface area contributed by atoms with Gasteiger partial charge < -0.3 is 29.3 Å². The first kappa shape index (κ1) is 31.3. The van der Waals surface area contributed by atoms with Crippen LogP contribution in [0.25, 0.3) is 0 Å². The number of nitrogens with one attached hydrogen (secondary N) is 1. The Labute approximate surface area is 195 Å². The summed E-state index contributed by atoms with van der Waals surface area (Å²) in [5, 5.41) is 12.9. The standard InChI is InChI=1S/C24H48NO6P/c1-3-5-7-8-9-10-11-12-13-14-15-16-18-19-23(26)22(21-31-32(28,29)30)25-24(27)20-17-6-4-2/h18-19,22-23,26H,3-17,20-21H2,1-2H3,(H,25,27)(H2,28,29,30)/p-2/b19-18+/t22-,23+/m0/s1. The van der Waals surface area contributed by atoms with Crippen LogP contribution < -0.4 is 15.1 Å². The quantitative estimate of drug-likeness (QED) is 0.135. The summed E-state index contributed by atoms with van der Waals surface area (Å²) < 4.78 is 15.1. The molecule has 2 atom stereocenters. The number of unbranched alkanes of at least 4 members (excludes halogenated alkanes) is 13. The molecule has 0 aliphatic carbocycles. The maximum Gasteiger partial charge on any atom is 0.220 e. The van der Waals surface area contributed by atoms with Crippen molar-refractivity contribution in [2.24, 2.45) is 0 Å². The maximum absolute atomic E-state index is 12.0. The molecule has 0 aromatic heterocycles. The third kappa shape index (κ3) is 21.1. The summed E-state index contributed by atoms with van der Waals surface area (Å²) >= 11 is 0. The van der Waals surface area contributed by atoms with Crippen LogP contribution >= 0.6 is 7.82 Å². The van der Waals surface area contributed by atoms with Gasteiger partial charge in [-0.15, -0.1) is 0 Å². The van der Waals surface area contributed by atoms with Crippen molar-refractivity contribution >= 4 is 13.7 Å². The lowest BCUT2D eigenvalue weighted by Crippen LogP contribution is -2.46. The van der Waals surface area contributed by atoms with Crippen LogP contribution in [0.5, 0.6) is 0 Å². The van der Waals surface area contributed by atoms with Crippen LogP contribution in [0.4, 0.5) is 0 Å². The molecule has 0 fully saturated rings. The number of aliphatic hydroxyl groups is 1. The number of hydrogen-bond donors (Lipinski definition) is 2. The topological polar surface area (TPSA) is 122 Å². The SMILES string of the molecule is CCCCCCCCCCCCC/C=C/[C@@H](O)[C@H](COP(=O)([O-])[O-])NC(=O)CCCCC. The molecule has 32 heavy (non-hydrogen) atoms. The monoisotopic (exact) mass is 475 g/mol. The third-order valence-electron chi connectivity index (χ3n) is 5.49. The van der Waals surface area contributed by atoms with Crippen LogP contribution in [0.2, 0.25) is 0 Å². The van der Waals surface area contributed by atoms with Gasteiger partial charge in [0, 0.05) is 6.42 Å². The molecule has 0 radical (unpaired) electrons. The minimum Gasteiger partial charge on any atom is -0.790 e. The Morgan fingerprint density at radius 3 is 1.94 bits per heavy atom. The van der Waals surface area contributed by atoms with Gasteiger partial charge in [-0.05, 0) is 19.3 Å². The number of carbonyl (C=O) groups is 1. The summed E-state index contributed by atoms with van der Waals surface area (Å²) in [5.74, 6) is -0.295. The summed E-state index contributed by atoms with van der Waals surface area (Å²) in [6.07, 6.45) is 19.8. The van der Waals surface area contributed by atoms with Gasteiger partial charge in [0.1, 0.15) is 0 Å². The lowest BCUT2D eigenvalue weighted by Gasteiger charge is -2.32. The predicted molar refractivity (Wildman–Crippen MR) is 126 cm³/mol. The van der Waals surface area contributed by atoms with Crippen molar-refractivity contribution in [3.05, 3.63) is 12.2 Å². The zero-order chi connectivity index (χ0) is 24.1. The molecule has 8 heteroatoms. The zero-order valence-corrected chi connectivity index (χ0v) is 21.2. The minimum atomic E-state index is -5.18. The van der Waals surface area contributed by atoms with Crippen LogP contribution in [0, 0.1) is 0 Å². The number of hydrogen-bond acceptors (Lipinski definition) is 6. The number of phosphoric acid groups is 1. The van der Waals surface area contributed by atoms with E-state index in [1.165, 1.54) is 63.9 Å².